The van der Waals surface area contributed by atoms with E-state index in [1.807, 2.05) is 18.2 Å². The Labute approximate surface area is 103 Å². The van der Waals surface area contributed by atoms with Crippen LogP contribution >= 0.6 is 15.9 Å². The van der Waals surface area contributed by atoms with Crippen LogP contribution in [0.25, 0.3) is 0 Å². The number of rotatable bonds is 4. The fraction of sp³-hybridized carbons (Fsp3) is 0.364. The summed E-state index contributed by atoms with van der Waals surface area (Å²) in [5.41, 5.74) is 0.804. The Kier molecular flexibility index (Phi) is 4.76. The molecule has 2 N–H and O–H groups in total. The molecule has 1 unspecified atom stereocenters. The largest absolute Gasteiger partial charge is 0.496 e. The van der Waals surface area contributed by atoms with Crippen LogP contribution in [0.2, 0.25) is 0 Å². The van der Waals surface area contributed by atoms with Gasteiger partial charge in [-0.1, -0.05) is 15.9 Å². The van der Waals surface area contributed by atoms with E-state index in [4.69, 9.17) is 4.74 Å². The Morgan fingerprint density at radius 2 is 2.12 bits per heavy atom. The summed E-state index contributed by atoms with van der Waals surface area (Å²) in [5, 5.41) is 5.57. The highest BCUT2D eigenvalue weighted by atomic mass is 79.9. The first kappa shape index (κ1) is 13.0. The van der Waals surface area contributed by atoms with Gasteiger partial charge in [-0.15, -0.1) is 0 Å². The van der Waals surface area contributed by atoms with Gasteiger partial charge in [0.15, 0.2) is 0 Å². The first-order valence-corrected chi connectivity index (χ1v) is 5.65. The number of amides is 1. The van der Waals surface area contributed by atoms with Gasteiger partial charge in [-0.05, 0) is 25.2 Å². The molecule has 5 heteroatoms. The summed E-state index contributed by atoms with van der Waals surface area (Å²) in [7, 11) is 4.93. The molecule has 0 radical (unpaired) electrons. The van der Waals surface area contributed by atoms with Crippen molar-refractivity contribution >= 4 is 21.8 Å². The maximum Gasteiger partial charge on any atom is 0.241 e. The molecule has 0 fully saturated rings. The molecule has 0 spiro atoms. The van der Waals surface area contributed by atoms with E-state index < -0.39 is 6.04 Å². The van der Waals surface area contributed by atoms with Crippen molar-refractivity contribution in [3.05, 3.63) is 28.2 Å². The third-order valence-electron chi connectivity index (χ3n) is 2.30. The summed E-state index contributed by atoms with van der Waals surface area (Å²) >= 11 is 3.38. The minimum atomic E-state index is -0.419. The van der Waals surface area contributed by atoms with Crippen LogP contribution in [0.15, 0.2) is 22.7 Å². The monoisotopic (exact) mass is 286 g/mol. The van der Waals surface area contributed by atoms with Gasteiger partial charge in [0.1, 0.15) is 11.8 Å². The molecule has 1 aromatic rings. The van der Waals surface area contributed by atoms with E-state index in [-0.39, 0.29) is 5.91 Å². The lowest BCUT2D eigenvalue weighted by Gasteiger charge is -2.18. The zero-order valence-corrected chi connectivity index (χ0v) is 11.1. The van der Waals surface area contributed by atoms with E-state index in [1.54, 1.807) is 21.2 Å². The summed E-state index contributed by atoms with van der Waals surface area (Å²) in [6.07, 6.45) is 0. The Hall–Kier alpha value is -1.07. The number of carbonyl (C=O) groups is 1. The lowest BCUT2D eigenvalue weighted by atomic mass is 10.1. The Balaban J connectivity index is 3.17. The van der Waals surface area contributed by atoms with Crippen LogP contribution in [0.3, 0.4) is 0 Å². The molecule has 0 aliphatic rings. The second-order valence-electron chi connectivity index (χ2n) is 3.22. The Bertz CT molecular complexity index is 382. The zero-order chi connectivity index (χ0) is 12.1. The predicted octanol–water partition coefficient (Wildman–Crippen LogP) is 1.46. The predicted molar refractivity (Wildman–Crippen MR) is 66.6 cm³/mol. The zero-order valence-electron chi connectivity index (χ0n) is 9.50. The average molecular weight is 287 g/mol. The molecular formula is C11H15BrN2O2. The van der Waals surface area contributed by atoms with Crippen LogP contribution in [0, 0.1) is 0 Å². The van der Waals surface area contributed by atoms with Crippen molar-refractivity contribution in [1.82, 2.24) is 10.6 Å². The normalized spacial score (nSPS) is 12.0. The van der Waals surface area contributed by atoms with Crippen molar-refractivity contribution in [3.8, 4) is 5.75 Å². The molecular weight excluding hydrogens is 272 g/mol. The summed E-state index contributed by atoms with van der Waals surface area (Å²) < 4.78 is 6.15. The lowest BCUT2D eigenvalue weighted by molar-refractivity contribution is -0.122. The lowest BCUT2D eigenvalue weighted by Crippen LogP contribution is -2.34. The number of methoxy groups -OCH3 is 1. The minimum absolute atomic E-state index is 0.0982. The van der Waals surface area contributed by atoms with Crippen LogP contribution in [-0.4, -0.2) is 27.1 Å². The van der Waals surface area contributed by atoms with E-state index in [1.165, 1.54) is 0 Å². The number of likely N-dealkylation sites (N-methyl/N-ethyl adjacent to an activating group) is 2. The molecule has 0 saturated heterocycles. The minimum Gasteiger partial charge on any atom is -0.496 e. The quantitative estimate of drug-likeness (QED) is 0.881. The van der Waals surface area contributed by atoms with Crippen molar-refractivity contribution in [2.75, 3.05) is 21.2 Å². The van der Waals surface area contributed by atoms with Crippen LogP contribution < -0.4 is 15.4 Å². The highest BCUT2D eigenvalue weighted by Gasteiger charge is 2.21. The van der Waals surface area contributed by atoms with Gasteiger partial charge in [0.05, 0.1) is 7.11 Å². The number of hydrogen-bond donors (Lipinski definition) is 2. The number of hydrogen-bond acceptors (Lipinski definition) is 3. The standard InChI is InChI=1S/C11H15BrN2O2/c1-13-10(11(15)14-2)8-6-7(12)4-5-9(8)16-3/h4-6,10,13H,1-3H3,(H,14,15). The number of carbonyl (C=O) groups excluding carboxylic acids is 1. The molecule has 0 saturated carbocycles. The van der Waals surface area contributed by atoms with Crippen molar-refractivity contribution in [2.45, 2.75) is 6.04 Å². The Morgan fingerprint density at radius 3 is 2.62 bits per heavy atom. The summed E-state index contributed by atoms with van der Waals surface area (Å²) in [5.74, 6) is 0.588. The molecule has 16 heavy (non-hydrogen) atoms. The van der Waals surface area contributed by atoms with Gasteiger partial charge < -0.3 is 15.4 Å². The third kappa shape index (κ3) is 2.74. The van der Waals surface area contributed by atoms with Crippen molar-refractivity contribution in [2.24, 2.45) is 0 Å². The average Bonchev–Trinajstić information content (AvgIpc) is 2.30. The molecule has 0 aromatic heterocycles. The maximum absolute atomic E-state index is 11.7. The topological polar surface area (TPSA) is 50.4 Å². The van der Waals surface area contributed by atoms with E-state index in [0.29, 0.717) is 5.75 Å². The van der Waals surface area contributed by atoms with E-state index in [2.05, 4.69) is 26.6 Å². The molecule has 4 nitrogen and oxygen atoms in total. The van der Waals surface area contributed by atoms with Crippen LogP contribution in [-0.2, 0) is 4.79 Å². The first-order chi connectivity index (χ1) is 7.63. The number of benzene rings is 1. The van der Waals surface area contributed by atoms with Crippen LogP contribution in [0.1, 0.15) is 11.6 Å². The van der Waals surface area contributed by atoms with Gasteiger partial charge in [0.25, 0.3) is 0 Å². The van der Waals surface area contributed by atoms with Gasteiger partial charge in [-0.2, -0.15) is 0 Å². The number of ether oxygens (including phenoxy) is 1. The highest BCUT2D eigenvalue weighted by Crippen LogP contribution is 2.28. The third-order valence-corrected chi connectivity index (χ3v) is 2.79. The molecule has 1 rings (SSSR count). The SMILES string of the molecule is CNC(=O)C(NC)c1cc(Br)ccc1OC. The van der Waals surface area contributed by atoms with Crippen molar-refractivity contribution < 1.29 is 9.53 Å². The van der Waals surface area contributed by atoms with E-state index in [0.717, 1.165) is 10.0 Å². The molecule has 0 aliphatic carbocycles. The molecule has 0 heterocycles. The number of nitrogens with one attached hydrogen (secondary N) is 2. The van der Waals surface area contributed by atoms with Gasteiger partial charge in [-0.3, -0.25) is 4.79 Å². The second kappa shape index (κ2) is 5.86. The fourth-order valence-electron chi connectivity index (χ4n) is 1.50. The van der Waals surface area contributed by atoms with E-state index >= 15 is 0 Å². The van der Waals surface area contributed by atoms with Gasteiger partial charge >= 0.3 is 0 Å². The highest BCUT2D eigenvalue weighted by molar-refractivity contribution is 9.10. The van der Waals surface area contributed by atoms with Crippen LogP contribution in [0.4, 0.5) is 0 Å². The van der Waals surface area contributed by atoms with E-state index in [9.17, 15) is 4.79 Å². The first-order valence-electron chi connectivity index (χ1n) is 4.86. The van der Waals surface area contributed by atoms with Crippen molar-refractivity contribution in [3.63, 3.8) is 0 Å². The molecule has 88 valence electrons. The van der Waals surface area contributed by atoms with Gasteiger partial charge in [0.2, 0.25) is 5.91 Å². The smallest absolute Gasteiger partial charge is 0.241 e. The molecule has 1 atom stereocenters. The van der Waals surface area contributed by atoms with Crippen LogP contribution in [0.5, 0.6) is 5.75 Å². The molecule has 0 aliphatic heterocycles. The molecule has 1 aromatic carbocycles. The van der Waals surface area contributed by atoms with Gasteiger partial charge in [0, 0.05) is 17.1 Å². The second-order valence-corrected chi connectivity index (χ2v) is 4.14. The van der Waals surface area contributed by atoms with Crippen molar-refractivity contribution in [1.29, 1.82) is 0 Å². The fourth-order valence-corrected chi connectivity index (χ4v) is 1.88. The van der Waals surface area contributed by atoms with Gasteiger partial charge in [-0.25, -0.2) is 0 Å². The summed E-state index contributed by atoms with van der Waals surface area (Å²) in [6, 6.07) is 5.15. The number of halogens is 1. The summed E-state index contributed by atoms with van der Waals surface area (Å²) in [4.78, 5) is 11.7. The molecule has 1 amide bonds. The maximum atomic E-state index is 11.7. The Morgan fingerprint density at radius 1 is 1.44 bits per heavy atom. The molecule has 0 bridgehead atoms. The summed E-state index contributed by atoms with van der Waals surface area (Å²) in [6.45, 7) is 0.